The van der Waals surface area contributed by atoms with Gasteiger partial charge in [-0.3, -0.25) is 4.79 Å². The summed E-state index contributed by atoms with van der Waals surface area (Å²) in [7, 11) is -4.00. The number of carboxylic acid groups (broad SMARTS) is 1. The largest absolute Gasteiger partial charge is 0.480 e. The first-order valence-corrected chi connectivity index (χ1v) is 9.43. The molecule has 0 spiro atoms. The van der Waals surface area contributed by atoms with Crippen LogP contribution in [0.5, 0.6) is 0 Å². The molecule has 1 saturated carbocycles. The first-order valence-electron chi connectivity index (χ1n) is 7.89. The van der Waals surface area contributed by atoms with Gasteiger partial charge >= 0.3 is 5.97 Å². The van der Waals surface area contributed by atoms with Crippen molar-refractivity contribution < 1.29 is 27.5 Å². The molecule has 3 N–H and O–H groups in total. The molecule has 0 bridgehead atoms. The fourth-order valence-corrected chi connectivity index (χ4v) is 4.67. The van der Waals surface area contributed by atoms with Gasteiger partial charge in [-0.05, 0) is 32.1 Å². The predicted octanol–water partition coefficient (Wildman–Crippen LogP) is 1.09. The number of aryl methyl sites for hydroxylation is 1. The number of rotatable bonds is 3. The smallest absolute Gasteiger partial charge is 0.326 e. The first kappa shape index (κ1) is 17.0. The zero-order valence-corrected chi connectivity index (χ0v) is 14.1. The standard InChI is InChI=1S/C15H20N2O6S/c1-8-13(24(16,21)22)7-12(23-8)14(18)17-10-5-3-2-4-9(10)6-11(17)15(19)20/h7,9-11H,2-6H2,1H3,(H,19,20)(H2,16,21,22). The molecular formula is C15H20N2O6S. The molecule has 0 radical (unpaired) electrons. The summed E-state index contributed by atoms with van der Waals surface area (Å²) in [5.74, 6) is -1.64. The fraction of sp³-hybridized carbons (Fsp3) is 0.600. The minimum Gasteiger partial charge on any atom is -0.480 e. The lowest BCUT2D eigenvalue weighted by Crippen LogP contribution is -2.46. The molecule has 2 heterocycles. The molecule has 132 valence electrons. The Morgan fingerprint density at radius 1 is 1.33 bits per heavy atom. The number of fused-ring (bicyclic) bond motifs is 1. The molecule has 8 nitrogen and oxygen atoms in total. The molecule has 3 rings (SSSR count). The van der Waals surface area contributed by atoms with Gasteiger partial charge in [-0.25, -0.2) is 18.4 Å². The number of furan rings is 1. The van der Waals surface area contributed by atoms with Crippen LogP contribution in [0, 0.1) is 12.8 Å². The van der Waals surface area contributed by atoms with E-state index in [0.29, 0.717) is 6.42 Å². The zero-order chi connectivity index (χ0) is 17.6. The summed E-state index contributed by atoms with van der Waals surface area (Å²) in [5.41, 5.74) is 0. The number of carbonyl (C=O) groups excluding carboxylic acids is 1. The summed E-state index contributed by atoms with van der Waals surface area (Å²) in [5, 5.41) is 14.6. The maximum absolute atomic E-state index is 12.8. The molecule has 24 heavy (non-hydrogen) atoms. The summed E-state index contributed by atoms with van der Waals surface area (Å²) in [6.45, 7) is 1.40. The number of amides is 1. The van der Waals surface area contributed by atoms with Gasteiger partial charge in [0, 0.05) is 12.1 Å². The van der Waals surface area contributed by atoms with E-state index in [0.717, 1.165) is 31.7 Å². The Balaban J connectivity index is 1.96. The number of nitrogens with two attached hydrogens (primary N) is 1. The number of primary sulfonamides is 1. The molecule has 3 atom stereocenters. The van der Waals surface area contributed by atoms with Gasteiger partial charge in [0.15, 0.2) is 5.76 Å². The van der Waals surface area contributed by atoms with Crippen LogP contribution in [0.3, 0.4) is 0 Å². The van der Waals surface area contributed by atoms with E-state index in [1.54, 1.807) is 0 Å². The Bertz CT molecular complexity index is 784. The van der Waals surface area contributed by atoms with Crippen LogP contribution in [0.4, 0.5) is 0 Å². The van der Waals surface area contributed by atoms with Crippen LogP contribution in [0.15, 0.2) is 15.4 Å². The Labute approximate surface area is 139 Å². The monoisotopic (exact) mass is 356 g/mol. The highest BCUT2D eigenvalue weighted by Gasteiger charge is 2.48. The van der Waals surface area contributed by atoms with Crippen LogP contribution in [-0.4, -0.2) is 42.4 Å². The number of hydrogen-bond acceptors (Lipinski definition) is 5. The second-order valence-electron chi connectivity index (χ2n) is 6.49. The molecule has 0 aromatic carbocycles. The maximum atomic E-state index is 12.8. The van der Waals surface area contributed by atoms with Crippen molar-refractivity contribution in [3.05, 3.63) is 17.6 Å². The summed E-state index contributed by atoms with van der Waals surface area (Å²) in [4.78, 5) is 25.5. The third kappa shape index (κ3) is 2.82. The highest BCUT2D eigenvalue weighted by Crippen LogP contribution is 2.40. The molecular weight excluding hydrogens is 336 g/mol. The van der Waals surface area contributed by atoms with Crippen LogP contribution < -0.4 is 5.14 Å². The lowest BCUT2D eigenvalue weighted by Gasteiger charge is -2.32. The first-order chi connectivity index (χ1) is 11.2. The zero-order valence-electron chi connectivity index (χ0n) is 13.3. The van der Waals surface area contributed by atoms with Crippen molar-refractivity contribution in [3.8, 4) is 0 Å². The molecule has 1 saturated heterocycles. The summed E-state index contributed by atoms with van der Waals surface area (Å²) in [6.07, 6.45) is 4.05. The molecule has 1 aromatic heterocycles. The number of hydrogen-bond donors (Lipinski definition) is 2. The topological polar surface area (TPSA) is 131 Å². The van der Waals surface area contributed by atoms with Crippen LogP contribution in [0.1, 0.15) is 48.4 Å². The molecule has 2 aliphatic rings. The Morgan fingerprint density at radius 2 is 2.00 bits per heavy atom. The quantitative estimate of drug-likeness (QED) is 0.833. The van der Waals surface area contributed by atoms with Crippen molar-refractivity contribution in [1.82, 2.24) is 4.90 Å². The van der Waals surface area contributed by atoms with E-state index >= 15 is 0 Å². The van der Waals surface area contributed by atoms with E-state index < -0.39 is 27.9 Å². The van der Waals surface area contributed by atoms with Gasteiger partial charge in [0.25, 0.3) is 5.91 Å². The second-order valence-corrected chi connectivity index (χ2v) is 8.02. The molecule has 2 fully saturated rings. The number of nitrogens with zero attached hydrogens (tertiary/aromatic N) is 1. The minimum atomic E-state index is -4.00. The van der Waals surface area contributed by atoms with Crippen LogP contribution >= 0.6 is 0 Å². The SMILES string of the molecule is Cc1oc(C(=O)N2C(C(=O)O)CC3CCCCC32)cc1S(N)(=O)=O. The van der Waals surface area contributed by atoms with Gasteiger partial charge in [-0.15, -0.1) is 0 Å². The van der Waals surface area contributed by atoms with Crippen molar-refractivity contribution in [2.75, 3.05) is 0 Å². The number of sulfonamides is 1. The predicted molar refractivity (Wildman–Crippen MR) is 82.8 cm³/mol. The van der Waals surface area contributed by atoms with Crippen molar-refractivity contribution in [2.24, 2.45) is 11.1 Å². The number of aliphatic carboxylic acids is 1. The van der Waals surface area contributed by atoms with E-state index in [1.165, 1.54) is 11.8 Å². The molecule has 1 aliphatic carbocycles. The Kier molecular flexibility index (Phi) is 4.16. The summed E-state index contributed by atoms with van der Waals surface area (Å²) < 4.78 is 28.3. The summed E-state index contributed by atoms with van der Waals surface area (Å²) in [6, 6.07) is 0.0341. The van der Waals surface area contributed by atoms with E-state index in [9.17, 15) is 23.1 Å². The van der Waals surface area contributed by atoms with Gasteiger partial charge in [0.1, 0.15) is 16.7 Å². The molecule has 1 aliphatic heterocycles. The number of carboxylic acids is 1. The maximum Gasteiger partial charge on any atom is 0.326 e. The third-order valence-corrected chi connectivity index (χ3v) is 6.02. The Morgan fingerprint density at radius 3 is 2.58 bits per heavy atom. The summed E-state index contributed by atoms with van der Waals surface area (Å²) >= 11 is 0. The van der Waals surface area contributed by atoms with Crippen LogP contribution in [0.2, 0.25) is 0 Å². The van der Waals surface area contributed by atoms with Crippen molar-refractivity contribution in [3.63, 3.8) is 0 Å². The van der Waals surface area contributed by atoms with E-state index in [4.69, 9.17) is 9.56 Å². The van der Waals surface area contributed by atoms with Gasteiger partial charge < -0.3 is 14.4 Å². The van der Waals surface area contributed by atoms with Gasteiger partial charge in [-0.2, -0.15) is 0 Å². The number of carbonyl (C=O) groups is 2. The van der Waals surface area contributed by atoms with E-state index in [2.05, 4.69) is 0 Å². The average molecular weight is 356 g/mol. The third-order valence-electron chi connectivity index (χ3n) is 5.00. The highest BCUT2D eigenvalue weighted by molar-refractivity contribution is 7.89. The van der Waals surface area contributed by atoms with Gasteiger partial charge in [0.2, 0.25) is 10.0 Å². The fourth-order valence-electron chi connectivity index (χ4n) is 3.95. The lowest BCUT2D eigenvalue weighted by molar-refractivity contribution is -0.141. The minimum absolute atomic E-state index is 0.0205. The molecule has 1 amide bonds. The van der Waals surface area contributed by atoms with E-state index in [1.807, 2.05) is 0 Å². The van der Waals surface area contributed by atoms with Crippen LogP contribution in [0.25, 0.3) is 0 Å². The van der Waals surface area contributed by atoms with E-state index in [-0.39, 0.29) is 28.4 Å². The van der Waals surface area contributed by atoms with Gasteiger partial charge in [0.05, 0.1) is 0 Å². The second kappa shape index (κ2) is 5.89. The Hall–Kier alpha value is -1.87. The molecule has 1 aromatic rings. The van der Waals surface area contributed by atoms with Crippen molar-refractivity contribution in [2.45, 2.75) is 56.0 Å². The average Bonchev–Trinajstić information content (AvgIpc) is 3.07. The normalized spacial score (nSPS) is 27.1. The molecule has 9 heteroatoms. The van der Waals surface area contributed by atoms with Crippen molar-refractivity contribution >= 4 is 21.9 Å². The lowest BCUT2D eigenvalue weighted by atomic mass is 9.84. The highest BCUT2D eigenvalue weighted by atomic mass is 32.2. The number of likely N-dealkylation sites (tertiary alicyclic amines) is 1. The molecule has 3 unspecified atom stereocenters. The van der Waals surface area contributed by atoms with Crippen LogP contribution in [-0.2, 0) is 14.8 Å². The van der Waals surface area contributed by atoms with Gasteiger partial charge in [-0.1, -0.05) is 12.8 Å². The van der Waals surface area contributed by atoms with Crippen molar-refractivity contribution in [1.29, 1.82) is 0 Å².